The highest BCUT2D eigenvalue weighted by atomic mass is 16.5. The van der Waals surface area contributed by atoms with E-state index in [0.717, 1.165) is 0 Å². The van der Waals surface area contributed by atoms with Gasteiger partial charge >= 0.3 is 0 Å². The average Bonchev–Trinajstić information content (AvgIpc) is 2.54. The van der Waals surface area contributed by atoms with E-state index in [4.69, 9.17) is 14.2 Å². The first-order valence-corrected chi connectivity index (χ1v) is 7.62. The Morgan fingerprint density at radius 3 is 2.57 bits per heavy atom. The second kappa shape index (κ2) is 9.84. The van der Waals surface area contributed by atoms with Gasteiger partial charge in [0.2, 0.25) is 0 Å². The molecule has 1 aromatic carbocycles. The lowest BCUT2D eigenvalue weighted by Crippen LogP contribution is -2.34. The number of benzene rings is 1. The van der Waals surface area contributed by atoms with Crippen LogP contribution < -0.4 is 10.1 Å². The van der Waals surface area contributed by atoms with E-state index in [2.05, 4.69) is 24.2 Å². The van der Waals surface area contributed by atoms with Crippen molar-refractivity contribution in [3.05, 3.63) is 29.8 Å². The minimum absolute atomic E-state index is 0.0261. The van der Waals surface area contributed by atoms with Crippen LogP contribution in [-0.2, 0) is 9.47 Å². The molecule has 1 atom stereocenters. The Bertz CT molecular complexity index is 529. The molecule has 6 heteroatoms. The molecule has 128 valence electrons. The number of nitrogens with zero attached hydrogens (tertiary/aromatic N) is 1. The summed E-state index contributed by atoms with van der Waals surface area (Å²) in [6.45, 7) is 6.83. The molecule has 0 unspecified atom stereocenters. The SMILES string of the molecule is COCCOC(=N[C@@H](C)C(C)C)NC(=O)c1cccc(OC)c1. The molecule has 1 aromatic rings. The number of amides is 1. The maximum atomic E-state index is 12.3. The Labute approximate surface area is 137 Å². The Hall–Kier alpha value is -2.08. The molecule has 0 aromatic heterocycles. The number of amidine groups is 1. The molecule has 0 saturated carbocycles. The third-order valence-electron chi connectivity index (χ3n) is 3.36. The summed E-state index contributed by atoms with van der Waals surface area (Å²) in [5.41, 5.74) is 0.476. The Morgan fingerprint density at radius 2 is 1.96 bits per heavy atom. The van der Waals surface area contributed by atoms with Crippen LogP contribution in [0.1, 0.15) is 31.1 Å². The monoisotopic (exact) mass is 322 g/mol. The van der Waals surface area contributed by atoms with Gasteiger partial charge in [0.1, 0.15) is 12.4 Å². The smallest absolute Gasteiger partial charge is 0.292 e. The first kappa shape index (κ1) is 19.0. The van der Waals surface area contributed by atoms with Crippen molar-refractivity contribution < 1.29 is 19.0 Å². The number of methoxy groups -OCH3 is 2. The molecule has 0 radical (unpaired) electrons. The van der Waals surface area contributed by atoms with Crippen LogP contribution in [0.5, 0.6) is 5.75 Å². The second-order valence-electron chi connectivity index (χ2n) is 5.45. The Morgan fingerprint density at radius 1 is 1.22 bits per heavy atom. The van der Waals surface area contributed by atoms with E-state index in [1.54, 1.807) is 38.5 Å². The predicted octanol–water partition coefficient (Wildman–Crippen LogP) is 2.49. The molecule has 0 saturated heterocycles. The highest BCUT2D eigenvalue weighted by Crippen LogP contribution is 2.12. The molecule has 1 N–H and O–H groups in total. The van der Waals surface area contributed by atoms with Gasteiger partial charge in [0.05, 0.1) is 19.8 Å². The largest absolute Gasteiger partial charge is 0.497 e. The van der Waals surface area contributed by atoms with Crippen LogP contribution in [0, 0.1) is 5.92 Å². The molecular formula is C17H26N2O4. The number of carbonyl (C=O) groups excluding carboxylic acids is 1. The van der Waals surface area contributed by atoms with E-state index in [1.165, 1.54) is 0 Å². The van der Waals surface area contributed by atoms with Crippen molar-refractivity contribution in [1.82, 2.24) is 5.32 Å². The third kappa shape index (κ3) is 6.69. The number of rotatable bonds is 7. The highest BCUT2D eigenvalue weighted by molar-refractivity contribution is 6.04. The van der Waals surface area contributed by atoms with Crippen molar-refractivity contribution in [3.63, 3.8) is 0 Å². The topological polar surface area (TPSA) is 69.2 Å². The van der Waals surface area contributed by atoms with Gasteiger partial charge in [0.25, 0.3) is 11.9 Å². The second-order valence-corrected chi connectivity index (χ2v) is 5.45. The lowest BCUT2D eigenvalue weighted by atomic mass is 10.1. The van der Waals surface area contributed by atoms with Gasteiger partial charge in [-0.3, -0.25) is 10.1 Å². The molecule has 23 heavy (non-hydrogen) atoms. The van der Waals surface area contributed by atoms with Crippen LogP contribution >= 0.6 is 0 Å². The Balaban J connectivity index is 2.83. The molecule has 0 heterocycles. The lowest BCUT2D eigenvalue weighted by molar-refractivity contribution is 0.0953. The molecule has 1 rings (SSSR count). The van der Waals surface area contributed by atoms with Crippen molar-refractivity contribution in [2.24, 2.45) is 10.9 Å². The average molecular weight is 322 g/mol. The zero-order chi connectivity index (χ0) is 17.2. The fraction of sp³-hybridized carbons (Fsp3) is 0.529. The molecular weight excluding hydrogens is 296 g/mol. The molecule has 0 spiro atoms. The number of hydrogen-bond acceptors (Lipinski definition) is 5. The summed E-state index contributed by atoms with van der Waals surface area (Å²) < 4.78 is 15.6. The van der Waals surface area contributed by atoms with E-state index in [1.807, 2.05) is 6.92 Å². The molecule has 0 aliphatic carbocycles. The summed E-state index contributed by atoms with van der Waals surface area (Å²) in [7, 11) is 3.15. The molecule has 1 amide bonds. The van der Waals surface area contributed by atoms with E-state index in [0.29, 0.717) is 30.4 Å². The number of hydrogen-bond donors (Lipinski definition) is 1. The minimum Gasteiger partial charge on any atom is -0.497 e. The van der Waals surface area contributed by atoms with Crippen molar-refractivity contribution in [3.8, 4) is 5.75 Å². The molecule has 6 nitrogen and oxygen atoms in total. The van der Waals surface area contributed by atoms with Crippen molar-refractivity contribution in [2.45, 2.75) is 26.8 Å². The van der Waals surface area contributed by atoms with Gasteiger partial charge in [-0.15, -0.1) is 0 Å². The zero-order valence-electron chi connectivity index (χ0n) is 14.5. The summed E-state index contributed by atoms with van der Waals surface area (Å²) >= 11 is 0. The normalized spacial score (nSPS) is 12.9. The zero-order valence-corrected chi connectivity index (χ0v) is 14.5. The minimum atomic E-state index is -0.295. The van der Waals surface area contributed by atoms with Crippen molar-refractivity contribution in [2.75, 3.05) is 27.4 Å². The van der Waals surface area contributed by atoms with E-state index < -0.39 is 0 Å². The highest BCUT2D eigenvalue weighted by Gasteiger charge is 2.13. The molecule has 0 bridgehead atoms. The quantitative estimate of drug-likeness (QED) is 0.476. The number of aliphatic imine (C=N–C) groups is 1. The number of ether oxygens (including phenoxy) is 3. The number of nitrogens with one attached hydrogen (secondary N) is 1. The van der Waals surface area contributed by atoms with E-state index in [-0.39, 0.29) is 18.0 Å². The van der Waals surface area contributed by atoms with Gasteiger partial charge in [-0.05, 0) is 31.0 Å². The summed E-state index contributed by atoms with van der Waals surface area (Å²) in [4.78, 5) is 16.8. The molecule has 0 aliphatic rings. The summed E-state index contributed by atoms with van der Waals surface area (Å²) in [6, 6.07) is 7.13. The maximum Gasteiger partial charge on any atom is 0.292 e. The van der Waals surface area contributed by atoms with Gasteiger partial charge in [0.15, 0.2) is 0 Å². The van der Waals surface area contributed by atoms with Crippen molar-refractivity contribution >= 4 is 11.9 Å². The van der Waals surface area contributed by atoms with Crippen LogP contribution in [0.25, 0.3) is 0 Å². The van der Waals surface area contributed by atoms with Gasteiger partial charge in [-0.1, -0.05) is 19.9 Å². The summed E-state index contributed by atoms with van der Waals surface area (Å²) in [6.07, 6.45) is 0. The Kier molecular flexibility index (Phi) is 8.11. The first-order valence-electron chi connectivity index (χ1n) is 7.62. The van der Waals surface area contributed by atoms with E-state index >= 15 is 0 Å². The fourth-order valence-electron chi connectivity index (χ4n) is 1.59. The van der Waals surface area contributed by atoms with Crippen LogP contribution in [0.4, 0.5) is 0 Å². The third-order valence-corrected chi connectivity index (χ3v) is 3.36. The van der Waals surface area contributed by atoms with Gasteiger partial charge in [0, 0.05) is 12.7 Å². The van der Waals surface area contributed by atoms with Crippen LogP contribution in [0.3, 0.4) is 0 Å². The fourth-order valence-corrected chi connectivity index (χ4v) is 1.59. The van der Waals surface area contributed by atoms with Gasteiger partial charge < -0.3 is 14.2 Å². The standard InChI is InChI=1S/C17H26N2O4/c1-12(2)13(3)18-17(23-10-9-21-4)19-16(20)14-7-6-8-15(11-14)22-5/h6-8,11-13H,9-10H2,1-5H3,(H,18,19,20)/t13-/m0/s1. The lowest BCUT2D eigenvalue weighted by Gasteiger charge is -2.15. The predicted molar refractivity (Wildman–Crippen MR) is 90.0 cm³/mol. The van der Waals surface area contributed by atoms with Crippen LogP contribution in [-0.4, -0.2) is 45.4 Å². The first-order chi connectivity index (χ1) is 11.0. The molecule has 0 fully saturated rings. The summed E-state index contributed by atoms with van der Waals surface area (Å²) in [5.74, 6) is 0.660. The van der Waals surface area contributed by atoms with Gasteiger partial charge in [-0.25, -0.2) is 4.99 Å². The van der Waals surface area contributed by atoms with Gasteiger partial charge in [-0.2, -0.15) is 0 Å². The number of carbonyl (C=O) groups is 1. The maximum absolute atomic E-state index is 12.3. The van der Waals surface area contributed by atoms with Crippen molar-refractivity contribution in [1.29, 1.82) is 0 Å². The van der Waals surface area contributed by atoms with E-state index in [9.17, 15) is 4.79 Å². The molecule has 0 aliphatic heterocycles. The van der Waals surface area contributed by atoms with Crippen LogP contribution in [0.2, 0.25) is 0 Å². The summed E-state index contributed by atoms with van der Waals surface area (Å²) in [5, 5.41) is 2.71. The van der Waals surface area contributed by atoms with Crippen LogP contribution in [0.15, 0.2) is 29.3 Å².